The Hall–Kier alpha value is -0.540. The summed E-state index contributed by atoms with van der Waals surface area (Å²) in [5.74, 6) is 0. The molecule has 2 N–H and O–H groups in total. The van der Waals surface area contributed by atoms with Gasteiger partial charge in [0, 0.05) is 31.6 Å². The molecule has 112 valence electrons. The van der Waals surface area contributed by atoms with E-state index in [4.69, 9.17) is 4.74 Å². The molecule has 0 bridgehead atoms. The molecule has 0 heterocycles. The summed E-state index contributed by atoms with van der Waals surface area (Å²) in [6.45, 7) is 3.06. The standard InChI is InChI=1S/C16H18I2N2O/c17-13-1-5-15(6-2-13)19-9-11-21-12-10-20-16-7-3-14(18)4-8-16/h1-8,19-20H,9-12H2. The molecule has 0 unspecified atom stereocenters. The molecule has 2 aromatic rings. The van der Waals surface area contributed by atoms with Gasteiger partial charge in [0.2, 0.25) is 0 Å². The number of rotatable bonds is 8. The zero-order chi connectivity index (χ0) is 14.9. The van der Waals surface area contributed by atoms with Crippen LogP contribution in [-0.4, -0.2) is 26.3 Å². The summed E-state index contributed by atoms with van der Waals surface area (Å²) in [6.07, 6.45) is 0. The number of benzene rings is 2. The Morgan fingerprint density at radius 3 is 1.43 bits per heavy atom. The van der Waals surface area contributed by atoms with Gasteiger partial charge in [-0.25, -0.2) is 0 Å². The van der Waals surface area contributed by atoms with Crippen molar-refractivity contribution >= 4 is 56.6 Å². The first kappa shape index (κ1) is 16.8. The molecule has 21 heavy (non-hydrogen) atoms. The van der Waals surface area contributed by atoms with Gasteiger partial charge in [-0.3, -0.25) is 0 Å². The summed E-state index contributed by atoms with van der Waals surface area (Å²) in [5.41, 5.74) is 2.27. The summed E-state index contributed by atoms with van der Waals surface area (Å²) in [7, 11) is 0. The largest absolute Gasteiger partial charge is 0.383 e. The van der Waals surface area contributed by atoms with Crippen molar-refractivity contribution < 1.29 is 4.74 Å². The second kappa shape index (κ2) is 9.47. The van der Waals surface area contributed by atoms with Crippen LogP contribution >= 0.6 is 45.2 Å². The minimum atomic E-state index is 0.709. The van der Waals surface area contributed by atoms with Crippen LogP contribution in [-0.2, 0) is 4.74 Å². The first-order valence-corrected chi connectivity index (χ1v) is 8.96. The molecule has 2 rings (SSSR count). The summed E-state index contributed by atoms with van der Waals surface area (Å²) < 4.78 is 8.09. The normalized spacial score (nSPS) is 10.4. The van der Waals surface area contributed by atoms with Crippen LogP contribution in [0, 0.1) is 7.14 Å². The maximum absolute atomic E-state index is 5.60. The van der Waals surface area contributed by atoms with Gasteiger partial charge in [0.25, 0.3) is 0 Å². The van der Waals surface area contributed by atoms with E-state index in [1.54, 1.807) is 0 Å². The molecule has 0 aliphatic carbocycles. The third-order valence-electron chi connectivity index (χ3n) is 2.84. The molecule has 0 spiro atoms. The summed E-state index contributed by atoms with van der Waals surface area (Å²) >= 11 is 4.61. The Morgan fingerprint density at radius 1 is 0.667 bits per heavy atom. The molecule has 0 radical (unpaired) electrons. The summed E-state index contributed by atoms with van der Waals surface area (Å²) in [6, 6.07) is 16.7. The van der Waals surface area contributed by atoms with E-state index >= 15 is 0 Å². The van der Waals surface area contributed by atoms with E-state index in [2.05, 4.69) is 104 Å². The molecule has 5 heteroatoms. The molecule has 0 saturated heterocycles. The lowest BCUT2D eigenvalue weighted by atomic mass is 10.3. The van der Waals surface area contributed by atoms with Gasteiger partial charge in [0.1, 0.15) is 0 Å². The van der Waals surface area contributed by atoms with Crippen molar-refractivity contribution in [3.05, 3.63) is 55.7 Å². The van der Waals surface area contributed by atoms with E-state index in [1.165, 1.54) is 7.14 Å². The van der Waals surface area contributed by atoms with E-state index in [1.807, 2.05) is 0 Å². The average Bonchev–Trinajstić information content (AvgIpc) is 2.50. The molecule has 2 aromatic carbocycles. The number of hydrogen-bond acceptors (Lipinski definition) is 3. The van der Waals surface area contributed by atoms with Crippen LogP contribution < -0.4 is 10.6 Å². The van der Waals surface area contributed by atoms with Gasteiger partial charge in [-0.05, 0) is 93.7 Å². The van der Waals surface area contributed by atoms with Gasteiger partial charge in [-0.2, -0.15) is 0 Å². The van der Waals surface area contributed by atoms with Gasteiger partial charge in [0.15, 0.2) is 0 Å². The van der Waals surface area contributed by atoms with E-state index in [0.29, 0.717) is 13.2 Å². The highest BCUT2D eigenvalue weighted by atomic mass is 127. The Bertz CT molecular complexity index is 479. The number of ether oxygens (including phenoxy) is 1. The minimum absolute atomic E-state index is 0.709. The predicted molar refractivity (Wildman–Crippen MR) is 106 cm³/mol. The molecule has 0 saturated carbocycles. The molecule has 3 nitrogen and oxygen atoms in total. The molecular formula is C16H18I2N2O. The number of hydrogen-bond donors (Lipinski definition) is 2. The van der Waals surface area contributed by atoms with Gasteiger partial charge in [-0.1, -0.05) is 0 Å². The lowest BCUT2D eigenvalue weighted by Crippen LogP contribution is -2.14. The Labute approximate surface area is 153 Å². The Morgan fingerprint density at radius 2 is 1.05 bits per heavy atom. The van der Waals surface area contributed by atoms with Crippen LogP contribution in [0.2, 0.25) is 0 Å². The highest BCUT2D eigenvalue weighted by molar-refractivity contribution is 14.1. The molecule has 0 aromatic heterocycles. The Balaban J connectivity index is 1.52. The maximum Gasteiger partial charge on any atom is 0.0639 e. The van der Waals surface area contributed by atoms with E-state index in [0.717, 1.165) is 24.5 Å². The highest BCUT2D eigenvalue weighted by Crippen LogP contribution is 2.11. The predicted octanol–water partition coefficient (Wildman–Crippen LogP) is 4.44. The zero-order valence-corrected chi connectivity index (χ0v) is 15.9. The van der Waals surface area contributed by atoms with Crippen molar-refractivity contribution in [2.75, 3.05) is 36.9 Å². The van der Waals surface area contributed by atoms with E-state index in [9.17, 15) is 0 Å². The van der Waals surface area contributed by atoms with Gasteiger partial charge in [0.05, 0.1) is 13.2 Å². The quantitative estimate of drug-likeness (QED) is 0.409. The van der Waals surface area contributed by atoms with Crippen molar-refractivity contribution in [3.63, 3.8) is 0 Å². The fraction of sp³-hybridized carbons (Fsp3) is 0.250. The van der Waals surface area contributed by atoms with Gasteiger partial charge >= 0.3 is 0 Å². The third-order valence-corrected chi connectivity index (χ3v) is 4.28. The van der Waals surface area contributed by atoms with E-state index < -0.39 is 0 Å². The first-order chi connectivity index (χ1) is 10.2. The fourth-order valence-electron chi connectivity index (χ4n) is 1.77. The third kappa shape index (κ3) is 6.84. The molecule has 0 fully saturated rings. The minimum Gasteiger partial charge on any atom is -0.383 e. The summed E-state index contributed by atoms with van der Waals surface area (Å²) in [4.78, 5) is 0. The van der Waals surface area contributed by atoms with Gasteiger partial charge in [-0.15, -0.1) is 0 Å². The smallest absolute Gasteiger partial charge is 0.0639 e. The second-order valence-corrected chi connectivity index (χ2v) is 6.97. The molecule has 0 atom stereocenters. The zero-order valence-electron chi connectivity index (χ0n) is 11.6. The van der Waals surface area contributed by atoms with Gasteiger partial charge < -0.3 is 15.4 Å². The average molecular weight is 508 g/mol. The van der Waals surface area contributed by atoms with Crippen molar-refractivity contribution in [2.45, 2.75) is 0 Å². The molecule has 0 amide bonds. The van der Waals surface area contributed by atoms with Crippen LogP contribution in [0.4, 0.5) is 11.4 Å². The molecular weight excluding hydrogens is 490 g/mol. The highest BCUT2D eigenvalue weighted by Gasteiger charge is 1.94. The molecule has 0 aliphatic heterocycles. The van der Waals surface area contributed by atoms with Crippen LogP contribution in [0.3, 0.4) is 0 Å². The van der Waals surface area contributed by atoms with Crippen molar-refractivity contribution in [3.8, 4) is 0 Å². The topological polar surface area (TPSA) is 33.3 Å². The number of halogens is 2. The lowest BCUT2D eigenvalue weighted by Gasteiger charge is -2.09. The number of anilines is 2. The SMILES string of the molecule is Ic1ccc(NCCOCCNc2ccc(I)cc2)cc1. The fourth-order valence-corrected chi connectivity index (χ4v) is 2.49. The van der Waals surface area contributed by atoms with Crippen LogP contribution in [0.25, 0.3) is 0 Å². The van der Waals surface area contributed by atoms with Crippen molar-refractivity contribution in [2.24, 2.45) is 0 Å². The molecule has 0 aliphatic rings. The summed E-state index contributed by atoms with van der Waals surface area (Å²) in [5, 5.41) is 6.67. The van der Waals surface area contributed by atoms with Crippen molar-refractivity contribution in [1.29, 1.82) is 0 Å². The van der Waals surface area contributed by atoms with Crippen LogP contribution in [0.15, 0.2) is 48.5 Å². The number of nitrogens with one attached hydrogen (secondary N) is 2. The first-order valence-electron chi connectivity index (χ1n) is 6.81. The lowest BCUT2D eigenvalue weighted by molar-refractivity contribution is 0.154. The maximum atomic E-state index is 5.60. The second-order valence-electron chi connectivity index (χ2n) is 4.48. The van der Waals surface area contributed by atoms with Crippen LogP contribution in [0.1, 0.15) is 0 Å². The van der Waals surface area contributed by atoms with Crippen LogP contribution in [0.5, 0.6) is 0 Å². The van der Waals surface area contributed by atoms with Crippen molar-refractivity contribution in [1.82, 2.24) is 0 Å². The van der Waals surface area contributed by atoms with E-state index in [-0.39, 0.29) is 0 Å². The monoisotopic (exact) mass is 508 g/mol. The Kier molecular flexibility index (Phi) is 7.59.